The predicted octanol–water partition coefficient (Wildman–Crippen LogP) is 3.00. The smallest absolute Gasteiger partial charge is 0.261 e. The lowest BCUT2D eigenvalue weighted by atomic mass is 10.2. The van der Waals surface area contributed by atoms with Gasteiger partial charge in [-0.05, 0) is 42.9 Å². The second-order valence-corrected chi connectivity index (χ2v) is 6.50. The third-order valence-electron chi connectivity index (χ3n) is 2.79. The van der Waals surface area contributed by atoms with Gasteiger partial charge in [0.2, 0.25) is 0 Å². The van der Waals surface area contributed by atoms with E-state index in [9.17, 15) is 12.8 Å². The van der Waals surface area contributed by atoms with Crippen molar-refractivity contribution in [2.75, 3.05) is 11.8 Å². The number of rotatable bonds is 5. The summed E-state index contributed by atoms with van der Waals surface area (Å²) in [6, 6.07) is 10.1. The van der Waals surface area contributed by atoms with E-state index in [1.165, 1.54) is 24.3 Å². The molecule has 7 heteroatoms. The summed E-state index contributed by atoms with van der Waals surface area (Å²) < 4.78 is 39.8. The van der Waals surface area contributed by atoms with E-state index in [1.54, 1.807) is 12.1 Å². The van der Waals surface area contributed by atoms with Crippen molar-refractivity contribution in [3.05, 3.63) is 58.9 Å². The summed E-state index contributed by atoms with van der Waals surface area (Å²) in [6.07, 6.45) is 0. The molecule has 0 saturated carbocycles. The van der Waals surface area contributed by atoms with Crippen molar-refractivity contribution in [3.8, 4) is 0 Å². The Labute approximate surface area is 128 Å². The Kier molecular flexibility index (Phi) is 4.82. The fourth-order valence-electron chi connectivity index (χ4n) is 1.76. The molecule has 0 spiro atoms. The first-order valence-electron chi connectivity index (χ1n) is 6.14. The predicted molar refractivity (Wildman–Crippen MR) is 81.4 cm³/mol. The standard InChI is InChI=1S/C14H14ClFN2O2S/c1-17-9-10-2-5-12(6-3-10)21(19,20)18-11-4-7-14(16)13(15)8-11/h2-8,17-18H,9H2,1H3. The molecular weight excluding hydrogens is 315 g/mol. The van der Waals surface area contributed by atoms with Crippen LogP contribution in [0.3, 0.4) is 0 Å². The normalized spacial score (nSPS) is 11.4. The monoisotopic (exact) mass is 328 g/mol. The van der Waals surface area contributed by atoms with Crippen molar-refractivity contribution in [2.24, 2.45) is 0 Å². The van der Waals surface area contributed by atoms with Crippen LogP contribution < -0.4 is 10.0 Å². The third kappa shape index (κ3) is 3.93. The fourth-order valence-corrected chi connectivity index (χ4v) is 2.99. The second-order valence-electron chi connectivity index (χ2n) is 4.41. The van der Waals surface area contributed by atoms with E-state index in [2.05, 4.69) is 10.0 Å². The molecule has 21 heavy (non-hydrogen) atoms. The highest BCUT2D eigenvalue weighted by Gasteiger charge is 2.14. The van der Waals surface area contributed by atoms with Gasteiger partial charge in [0.1, 0.15) is 5.82 Å². The van der Waals surface area contributed by atoms with Crippen LogP contribution in [0, 0.1) is 5.82 Å². The summed E-state index contributed by atoms with van der Waals surface area (Å²) in [7, 11) is -1.92. The molecule has 2 N–H and O–H groups in total. The molecule has 2 rings (SSSR count). The molecule has 0 aliphatic carbocycles. The number of benzene rings is 2. The van der Waals surface area contributed by atoms with Crippen LogP contribution in [0.25, 0.3) is 0 Å². The SMILES string of the molecule is CNCc1ccc(S(=O)(=O)Nc2ccc(F)c(Cl)c2)cc1. The average molecular weight is 329 g/mol. The zero-order chi connectivity index (χ0) is 15.5. The van der Waals surface area contributed by atoms with Gasteiger partial charge in [0.05, 0.1) is 15.6 Å². The molecule has 2 aromatic carbocycles. The molecule has 112 valence electrons. The minimum Gasteiger partial charge on any atom is -0.316 e. The van der Waals surface area contributed by atoms with Gasteiger partial charge in [-0.2, -0.15) is 0 Å². The average Bonchev–Trinajstić information content (AvgIpc) is 2.44. The number of hydrogen-bond acceptors (Lipinski definition) is 3. The molecule has 2 aromatic rings. The Morgan fingerprint density at radius 2 is 1.81 bits per heavy atom. The summed E-state index contributed by atoms with van der Waals surface area (Å²) >= 11 is 5.63. The molecule has 0 atom stereocenters. The van der Waals surface area contributed by atoms with E-state index in [0.717, 1.165) is 11.6 Å². The number of halogens is 2. The van der Waals surface area contributed by atoms with Crippen molar-refractivity contribution in [3.63, 3.8) is 0 Å². The van der Waals surface area contributed by atoms with E-state index in [4.69, 9.17) is 11.6 Å². The second kappa shape index (κ2) is 6.43. The highest BCUT2D eigenvalue weighted by atomic mass is 35.5. The first-order chi connectivity index (χ1) is 9.92. The molecule has 0 saturated heterocycles. The maximum Gasteiger partial charge on any atom is 0.261 e. The lowest BCUT2D eigenvalue weighted by molar-refractivity contribution is 0.601. The van der Waals surface area contributed by atoms with Gasteiger partial charge in [-0.25, -0.2) is 12.8 Å². The Hall–Kier alpha value is -1.63. The van der Waals surface area contributed by atoms with E-state index in [0.29, 0.717) is 6.54 Å². The highest BCUT2D eigenvalue weighted by molar-refractivity contribution is 7.92. The summed E-state index contributed by atoms with van der Waals surface area (Å²) in [5, 5.41) is 2.84. The first kappa shape index (κ1) is 15.8. The lowest BCUT2D eigenvalue weighted by Gasteiger charge is -2.09. The van der Waals surface area contributed by atoms with Crippen LogP contribution in [0.5, 0.6) is 0 Å². The molecule has 0 heterocycles. The molecule has 0 aliphatic rings. The van der Waals surface area contributed by atoms with Crippen molar-refractivity contribution in [2.45, 2.75) is 11.4 Å². The first-order valence-corrected chi connectivity index (χ1v) is 8.00. The van der Waals surface area contributed by atoms with Gasteiger partial charge in [0.15, 0.2) is 0 Å². The van der Waals surface area contributed by atoms with Gasteiger partial charge < -0.3 is 5.32 Å². The van der Waals surface area contributed by atoms with Crippen LogP contribution in [0.2, 0.25) is 5.02 Å². The molecule has 0 fully saturated rings. The molecular formula is C14H14ClFN2O2S. The number of anilines is 1. The van der Waals surface area contributed by atoms with Gasteiger partial charge in [-0.15, -0.1) is 0 Å². The molecule has 0 amide bonds. The van der Waals surface area contributed by atoms with E-state index < -0.39 is 15.8 Å². The Balaban J connectivity index is 2.23. The van der Waals surface area contributed by atoms with Gasteiger partial charge in [0, 0.05) is 6.54 Å². The van der Waals surface area contributed by atoms with Crippen molar-refractivity contribution in [1.82, 2.24) is 5.32 Å². The molecule has 0 bridgehead atoms. The zero-order valence-corrected chi connectivity index (χ0v) is 12.8. The van der Waals surface area contributed by atoms with Crippen LogP contribution >= 0.6 is 11.6 Å². The number of hydrogen-bond donors (Lipinski definition) is 2. The van der Waals surface area contributed by atoms with Gasteiger partial charge in [0.25, 0.3) is 10.0 Å². The fraction of sp³-hybridized carbons (Fsp3) is 0.143. The number of nitrogens with one attached hydrogen (secondary N) is 2. The van der Waals surface area contributed by atoms with E-state index >= 15 is 0 Å². The third-order valence-corrected chi connectivity index (χ3v) is 4.47. The van der Waals surface area contributed by atoms with Gasteiger partial charge in [-0.3, -0.25) is 4.72 Å². The largest absolute Gasteiger partial charge is 0.316 e. The number of sulfonamides is 1. The summed E-state index contributed by atoms with van der Waals surface area (Å²) in [5.74, 6) is -0.601. The maximum absolute atomic E-state index is 13.1. The summed E-state index contributed by atoms with van der Waals surface area (Å²) in [6.45, 7) is 0.654. The molecule has 4 nitrogen and oxygen atoms in total. The van der Waals surface area contributed by atoms with Gasteiger partial charge in [-0.1, -0.05) is 23.7 Å². The van der Waals surface area contributed by atoms with Crippen LogP contribution in [-0.4, -0.2) is 15.5 Å². The topological polar surface area (TPSA) is 58.2 Å². The van der Waals surface area contributed by atoms with Crippen molar-refractivity contribution in [1.29, 1.82) is 0 Å². The summed E-state index contributed by atoms with van der Waals surface area (Å²) in [4.78, 5) is 0.128. The Bertz CT molecular complexity index is 733. The van der Waals surface area contributed by atoms with E-state index in [1.807, 2.05) is 7.05 Å². The Morgan fingerprint density at radius 1 is 1.14 bits per heavy atom. The summed E-state index contributed by atoms with van der Waals surface area (Å²) in [5.41, 5.74) is 1.18. The maximum atomic E-state index is 13.1. The Morgan fingerprint density at radius 3 is 2.38 bits per heavy atom. The van der Waals surface area contributed by atoms with Crippen LogP contribution in [0.15, 0.2) is 47.4 Å². The van der Waals surface area contributed by atoms with Crippen molar-refractivity contribution < 1.29 is 12.8 Å². The van der Waals surface area contributed by atoms with E-state index in [-0.39, 0.29) is 15.6 Å². The van der Waals surface area contributed by atoms with Gasteiger partial charge >= 0.3 is 0 Å². The minimum atomic E-state index is -3.73. The lowest BCUT2D eigenvalue weighted by Crippen LogP contribution is -2.13. The zero-order valence-electron chi connectivity index (χ0n) is 11.2. The molecule has 0 radical (unpaired) electrons. The molecule has 0 aromatic heterocycles. The minimum absolute atomic E-state index is 0.128. The molecule has 0 aliphatic heterocycles. The quantitative estimate of drug-likeness (QED) is 0.887. The molecule has 0 unspecified atom stereocenters. The van der Waals surface area contributed by atoms with Crippen molar-refractivity contribution >= 4 is 27.3 Å². The van der Waals surface area contributed by atoms with Crippen LogP contribution in [0.1, 0.15) is 5.56 Å². The van der Waals surface area contributed by atoms with Crippen LogP contribution in [0.4, 0.5) is 10.1 Å². The highest BCUT2D eigenvalue weighted by Crippen LogP contribution is 2.22. The van der Waals surface area contributed by atoms with Crippen LogP contribution in [-0.2, 0) is 16.6 Å².